The first-order chi connectivity index (χ1) is 11.6. The predicted molar refractivity (Wildman–Crippen MR) is 92.5 cm³/mol. The van der Waals surface area contributed by atoms with Crippen molar-refractivity contribution in [3.8, 4) is 0 Å². The lowest BCUT2D eigenvalue weighted by atomic mass is 10.0. The van der Waals surface area contributed by atoms with Gasteiger partial charge in [0.2, 0.25) is 0 Å². The zero-order valence-electron chi connectivity index (χ0n) is 14.2. The summed E-state index contributed by atoms with van der Waals surface area (Å²) in [6.45, 7) is 3.15. The lowest BCUT2D eigenvalue weighted by Gasteiger charge is -2.32. The SMILES string of the molecule is O=C(NCC1(O)CCCC1)NC1CCN(Cc2ccccn2)CC1. The minimum absolute atomic E-state index is 0.154. The van der Waals surface area contributed by atoms with Crippen LogP contribution in [0.25, 0.3) is 0 Å². The molecule has 0 atom stereocenters. The van der Waals surface area contributed by atoms with Gasteiger partial charge in [0.25, 0.3) is 0 Å². The quantitative estimate of drug-likeness (QED) is 0.766. The summed E-state index contributed by atoms with van der Waals surface area (Å²) in [5.41, 5.74) is 0.398. The van der Waals surface area contributed by atoms with Crippen LogP contribution in [0.5, 0.6) is 0 Å². The Labute approximate surface area is 143 Å². The van der Waals surface area contributed by atoms with Gasteiger partial charge in [-0.3, -0.25) is 9.88 Å². The van der Waals surface area contributed by atoms with Crippen LogP contribution in [0.2, 0.25) is 0 Å². The minimum Gasteiger partial charge on any atom is -0.388 e. The maximum atomic E-state index is 12.0. The third-order valence-corrected chi connectivity index (χ3v) is 5.15. The number of pyridine rings is 1. The molecule has 0 spiro atoms. The molecular weight excluding hydrogens is 304 g/mol. The molecular formula is C18H28N4O2. The summed E-state index contributed by atoms with van der Waals surface area (Å²) in [6.07, 6.45) is 7.41. The van der Waals surface area contributed by atoms with Crippen molar-refractivity contribution in [2.75, 3.05) is 19.6 Å². The number of urea groups is 1. The number of aliphatic hydroxyl groups is 1. The standard InChI is InChI=1S/C18H28N4O2/c23-17(20-14-18(24)8-2-3-9-18)21-15-6-11-22(12-7-15)13-16-5-1-4-10-19-16/h1,4-5,10,15,24H,2-3,6-9,11-14H2,(H2,20,21,23). The summed E-state index contributed by atoms with van der Waals surface area (Å²) in [5, 5.41) is 16.1. The number of hydrogen-bond acceptors (Lipinski definition) is 4. The molecule has 1 saturated carbocycles. The number of carbonyl (C=O) groups is 1. The van der Waals surface area contributed by atoms with E-state index in [4.69, 9.17) is 0 Å². The molecule has 2 amide bonds. The van der Waals surface area contributed by atoms with Gasteiger partial charge >= 0.3 is 6.03 Å². The first-order valence-corrected chi connectivity index (χ1v) is 9.02. The molecule has 3 N–H and O–H groups in total. The number of piperidine rings is 1. The molecule has 24 heavy (non-hydrogen) atoms. The van der Waals surface area contributed by atoms with Crippen LogP contribution in [0.1, 0.15) is 44.2 Å². The molecule has 0 bridgehead atoms. The molecule has 0 unspecified atom stereocenters. The molecule has 1 aliphatic carbocycles. The molecule has 0 aromatic carbocycles. The molecule has 2 heterocycles. The highest BCUT2D eigenvalue weighted by Crippen LogP contribution is 2.28. The lowest BCUT2D eigenvalue weighted by molar-refractivity contribution is 0.0498. The van der Waals surface area contributed by atoms with E-state index in [9.17, 15) is 9.90 Å². The van der Waals surface area contributed by atoms with Gasteiger partial charge in [-0.15, -0.1) is 0 Å². The number of nitrogens with one attached hydrogen (secondary N) is 2. The largest absolute Gasteiger partial charge is 0.388 e. The van der Waals surface area contributed by atoms with Gasteiger partial charge in [-0.2, -0.15) is 0 Å². The highest BCUT2D eigenvalue weighted by molar-refractivity contribution is 5.74. The maximum Gasteiger partial charge on any atom is 0.315 e. The van der Waals surface area contributed by atoms with Gasteiger partial charge in [0.15, 0.2) is 0 Å². The van der Waals surface area contributed by atoms with E-state index in [0.29, 0.717) is 6.54 Å². The van der Waals surface area contributed by atoms with E-state index < -0.39 is 5.60 Å². The average molecular weight is 332 g/mol. The van der Waals surface area contributed by atoms with Gasteiger partial charge in [0.1, 0.15) is 0 Å². The molecule has 3 rings (SSSR count). The Morgan fingerprint density at radius 2 is 2.04 bits per heavy atom. The number of hydrogen-bond donors (Lipinski definition) is 3. The van der Waals surface area contributed by atoms with Crippen molar-refractivity contribution in [1.82, 2.24) is 20.5 Å². The van der Waals surface area contributed by atoms with Gasteiger partial charge in [0.05, 0.1) is 11.3 Å². The van der Waals surface area contributed by atoms with E-state index in [1.807, 2.05) is 24.4 Å². The average Bonchev–Trinajstić information content (AvgIpc) is 3.03. The van der Waals surface area contributed by atoms with Crippen molar-refractivity contribution in [1.29, 1.82) is 0 Å². The van der Waals surface area contributed by atoms with Gasteiger partial charge in [-0.1, -0.05) is 18.9 Å². The molecule has 132 valence electrons. The Bertz CT molecular complexity index is 523. The van der Waals surface area contributed by atoms with Crippen LogP contribution < -0.4 is 10.6 Å². The summed E-state index contributed by atoms with van der Waals surface area (Å²) < 4.78 is 0. The van der Waals surface area contributed by atoms with Crippen molar-refractivity contribution in [2.45, 2.75) is 56.7 Å². The van der Waals surface area contributed by atoms with Crippen LogP contribution in [0.4, 0.5) is 4.79 Å². The first-order valence-electron chi connectivity index (χ1n) is 9.02. The van der Waals surface area contributed by atoms with Crippen molar-refractivity contribution >= 4 is 6.03 Å². The smallest absolute Gasteiger partial charge is 0.315 e. The molecule has 2 fully saturated rings. The fraction of sp³-hybridized carbons (Fsp3) is 0.667. The highest BCUT2D eigenvalue weighted by atomic mass is 16.3. The number of carbonyl (C=O) groups excluding carboxylic acids is 1. The Kier molecular flexibility index (Phi) is 5.68. The maximum absolute atomic E-state index is 12.0. The Morgan fingerprint density at radius 3 is 2.71 bits per heavy atom. The fourth-order valence-electron chi connectivity index (χ4n) is 3.65. The number of likely N-dealkylation sites (tertiary alicyclic amines) is 1. The third kappa shape index (κ3) is 4.92. The van der Waals surface area contributed by atoms with Crippen molar-refractivity contribution in [3.05, 3.63) is 30.1 Å². The van der Waals surface area contributed by atoms with Crippen molar-refractivity contribution in [2.24, 2.45) is 0 Å². The summed E-state index contributed by atoms with van der Waals surface area (Å²) in [6, 6.07) is 6.05. The summed E-state index contributed by atoms with van der Waals surface area (Å²) >= 11 is 0. The predicted octanol–water partition coefficient (Wildman–Crippen LogP) is 1.65. The molecule has 1 aliphatic heterocycles. The summed E-state index contributed by atoms with van der Waals surface area (Å²) in [5.74, 6) is 0. The van der Waals surface area contributed by atoms with E-state index in [-0.39, 0.29) is 12.1 Å². The molecule has 1 saturated heterocycles. The van der Waals surface area contributed by atoms with E-state index in [2.05, 4.69) is 20.5 Å². The summed E-state index contributed by atoms with van der Waals surface area (Å²) in [4.78, 5) is 18.8. The molecule has 6 heteroatoms. The lowest BCUT2D eigenvalue weighted by Crippen LogP contribution is -2.50. The van der Waals surface area contributed by atoms with Crippen LogP contribution in [-0.2, 0) is 6.54 Å². The van der Waals surface area contributed by atoms with Crippen molar-refractivity contribution < 1.29 is 9.90 Å². The van der Waals surface area contributed by atoms with Crippen LogP contribution in [0, 0.1) is 0 Å². The van der Waals surface area contributed by atoms with Crippen molar-refractivity contribution in [3.63, 3.8) is 0 Å². The number of amides is 2. The second-order valence-electron chi connectivity index (χ2n) is 7.13. The second-order valence-corrected chi connectivity index (χ2v) is 7.13. The van der Waals surface area contributed by atoms with E-state index in [1.165, 1.54) is 0 Å². The van der Waals surface area contributed by atoms with Gasteiger partial charge in [0, 0.05) is 38.4 Å². The molecule has 6 nitrogen and oxygen atoms in total. The zero-order valence-corrected chi connectivity index (χ0v) is 14.2. The zero-order chi connectivity index (χ0) is 16.8. The van der Waals surface area contributed by atoms with Crippen LogP contribution in [0.3, 0.4) is 0 Å². The number of rotatable bonds is 5. The Hall–Kier alpha value is -1.66. The van der Waals surface area contributed by atoms with Gasteiger partial charge in [-0.25, -0.2) is 4.79 Å². The third-order valence-electron chi connectivity index (χ3n) is 5.15. The topological polar surface area (TPSA) is 77.5 Å². The normalized spacial score (nSPS) is 21.5. The summed E-state index contributed by atoms with van der Waals surface area (Å²) in [7, 11) is 0. The van der Waals surface area contributed by atoms with Gasteiger partial charge in [-0.05, 0) is 37.8 Å². The first kappa shape index (κ1) is 17.2. The monoisotopic (exact) mass is 332 g/mol. The molecule has 1 aromatic heterocycles. The number of aromatic nitrogens is 1. The second kappa shape index (κ2) is 7.94. The molecule has 2 aliphatic rings. The van der Waals surface area contributed by atoms with E-state index >= 15 is 0 Å². The minimum atomic E-state index is -0.691. The fourth-order valence-corrected chi connectivity index (χ4v) is 3.65. The van der Waals surface area contributed by atoms with Crippen LogP contribution in [0.15, 0.2) is 24.4 Å². The van der Waals surface area contributed by atoms with Gasteiger partial charge < -0.3 is 15.7 Å². The molecule has 1 aromatic rings. The van der Waals surface area contributed by atoms with Crippen LogP contribution in [-0.4, -0.2) is 52.3 Å². The van der Waals surface area contributed by atoms with Crippen LogP contribution >= 0.6 is 0 Å². The Morgan fingerprint density at radius 1 is 1.29 bits per heavy atom. The number of nitrogens with zero attached hydrogens (tertiary/aromatic N) is 2. The Balaban J connectivity index is 1.35. The highest BCUT2D eigenvalue weighted by Gasteiger charge is 2.31. The van der Waals surface area contributed by atoms with E-state index in [1.54, 1.807) is 0 Å². The van der Waals surface area contributed by atoms with E-state index in [0.717, 1.165) is 63.9 Å². The molecule has 0 radical (unpaired) electrons.